The first-order valence-electron chi connectivity index (χ1n) is 5.74. The third-order valence-corrected chi connectivity index (χ3v) is 2.83. The van der Waals surface area contributed by atoms with Crippen molar-refractivity contribution in [2.45, 2.75) is 13.0 Å². The molecule has 0 aliphatic rings. The van der Waals surface area contributed by atoms with Gasteiger partial charge in [-0.2, -0.15) is 0 Å². The summed E-state index contributed by atoms with van der Waals surface area (Å²) in [6, 6.07) is 15.9. The van der Waals surface area contributed by atoms with Gasteiger partial charge in [0, 0.05) is 6.61 Å². The van der Waals surface area contributed by atoms with Crippen LogP contribution in [0.1, 0.15) is 11.1 Å². The van der Waals surface area contributed by atoms with Crippen LogP contribution in [0.25, 0.3) is 11.1 Å². The predicted molar refractivity (Wildman–Crippen MR) is 68.6 cm³/mol. The zero-order valence-electron chi connectivity index (χ0n) is 9.63. The van der Waals surface area contributed by atoms with Gasteiger partial charge in [0.25, 0.3) is 0 Å². The zero-order chi connectivity index (χ0) is 12.1. The summed E-state index contributed by atoms with van der Waals surface area (Å²) in [5, 5.41) is 18.3. The van der Waals surface area contributed by atoms with E-state index in [2.05, 4.69) is 6.07 Å². The van der Waals surface area contributed by atoms with E-state index in [0.29, 0.717) is 6.42 Å². The molecule has 0 amide bonds. The highest BCUT2D eigenvalue weighted by Gasteiger charge is 2.04. The number of rotatable bonds is 4. The fourth-order valence-electron chi connectivity index (χ4n) is 1.96. The summed E-state index contributed by atoms with van der Waals surface area (Å²) in [5.74, 6) is 0. The van der Waals surface area contributed by atoms with Crippen LogP contribution in [0.15, 0.2) is 48.5 Å². The Bertz CT molecular complexity index is 492. The standard InChI is InChI=1S/C15H16O2/c16-9-8-12-4-3-6-13(10-12)15-7-2-1-5-14(15)11-17/h1-7,10,16-17H,8-9,11H2. The lowest BCUT2D eigenvalue weighted by Gasteiger charge is -2.08. The molecule has 0 atom stereocenters. The molecule has 0 heterocycles. The molecule has 0 aliphatic heterocycles. The summed E-state index contributed by atoms with van der Waals surface area (Å²) in [5.41, 5.74) is 4.17. The lowest BCUT2D eigenvalue weighted by molar-refractivity contribution is 0.282. The summed E-state index contributed by atoms with van der Waals surface area (Å²) in [7, 11) is 0. The molecule has 0 fully saturated rings. The third kappa shape index (κ3) is 2.73. The second kappa shape index (κ2) is 5.62. The zero-order valence-corrected chi connectivity index (χ0v) is 9.63. The van der Waals surface area contributed by atoms with Crippen LogP contribution in [0.4, 0.5) is 0 Å². The molecule has 2 rings (SSSR count). The normalized spacial score (nSPS) is 10.5. The fraction of sp³-hybridized carbons (Fsp3) is 0.200. The van der Waals surface area contributed by atoms with E-state index in [-0.39, 0.29) is 13.2 Å². The molecule has 0 unspecified atom stereocenters. The Kier molecular flexibility index (Phi) is 3.91. The Morgan fingerprint density at radius 3 is 2.47 bits per heavy atom. The van der Waals surface area contributed by atoms with E-state index in [1.54, 1.807) is 0 Å². The highest BCUT2D eigenvalue weighted by atomic mass is 16.3. The van der Waals surface area contributed by atoms with Gasteiger partial charge in [-0.3, -0.25) is 0 Å². The molecule has 2 aromatic carbocycles. The van der Waals surface area contributed by atoms with Gasteiger partial charge in [-0.25, -0.2) is 0 Å². The minimum Gasteiger partial charge on any atom is -0.396 e. The average molecular weight is 228 g/mol. The summed E-state index contributed by atoms with van der Waals surface area (Å²) < 4.78 is 0. The summed E-state index contributed by atoms with van der Waals surface area (Å²) in [6.07, 6.45) is 0.662. The van der Waals surface area contributed by atoms with Crippen molar-refractivity contribution in [2.24, 2.45) is 0 Å². The fourth-order valence-corrected chi connectivity index (χ4v) is 1.96. The van der Waals surface area contributed by atoms with Crippen LogP contribution >= 0.6 is 0 Å². The van der Waals surface area contributed by atoms with Gasteiger partial charge in [0.15, 0.2) is 0 Å². The highest BCUT2D eigenvalue weighted by molar-refractivity contribution is 5.67. The molecule has 0 spiro atoms. The lowest BCUT2D eigenvalue weighted by atomic mass is 9.98. The molecule has 2 aromatic rings. The molecule has 0 aliphatic carbocycles. The van der Waals surface area contributed by atoms with Crippen molar-refractivity contribution in [3.63, 3.8) is 0 Å². The molecule has 0 aromatic heterocycles. The van der Waals surface area contributed by atoms with Crippen molar-refractivity contribution >= 4 is 0 Å². The van der Waals surface area contributed by atoms with E-state index in [0.717, 1.165) is 22.3 Å². The molecule has 2 N–H and O–H groups in total. The maximum absolute atomic E-state index is 9.31. The van der Waals surface area contributed by atoms with Crippen molar-refractivity contribution in [3.8, 4) is 11.1 Å². The first-order chi connectivity index (χ1) is 8.35. The van der Waals surface area contributed by atoms with Gasteiger partial charge in [-0.05, 0) is 28.7 Å². The maximum atomic E-state index is 9.31. The number of hydrogen-bond donors (Lipinski definition) is 2. The second-order valence-corrected chi connectivity index (χ2v) is 3.99. The van der Waals surface area contributed by atoms with Gasteiger partial charge in [0.2, 0.25) is 0 Å². The van der Waals surface area contributed by atoms with Crippen LogP contribution in [-0.4, -0.2) is 16.8 Å². The Morgan fingerprint density at radius 1 is 0.882 bits per heavy atom. The average Bonchev–Trinajstić information content (AvgIpc) is 2.39. The van der Waals surface area contributed by atoms with E-state index in [1.165, 1.54) is 0 Å². The van der Waals surface area contributed by atoms with Crippen molar-refractivity contribution in [1.82, 2.24) is 0 Å². The van der Waals surface area contributed by atoms with E-state index < -0.39 is 0 Å². The molecule has 0 radical (unpaired) electrons. The SMILES string of the molecule is OCCc1cccc(-c2ccccc2CO)c1. The van der Waals surface area contributed by atoms with Crippen molar-refractivity contribution in [1.29, 1.82) is 0 Å². The number of aliphatic hydroxyl groups is 2. The van der Waals surface area contributed by atoms with Gasteiger partial charge in [0.1, 0.15) is 0 Å². The topological polar surface area (TPSA) is 40.5 Å². The second-order valence-electron chi connectivity index (χ2n) is 3.99. The number of aliphatic hydroxyl groups excluding tert-OH is 2. The summed E-state index contributed by atoms with van der Waals surface area (Å²) in [6.45, 7) is 0.200. The lowest BCUT2D eigenvalue weighted by Crippen LogP contribution is -1.93. The Hall–Kier alpha value is -1.64. The van der Waals surface area contributed by atoms with Crippen molar-refractivity contribution in [2.75, 3.05) is 6.61 Å². The van der Waals surface area contributed by atoms with Gasteiger partial charge in [0.05, 0.1) is 6.61 Å². The Labute approximate surface area is 101 Å². The maximum Gasteiger partial charge on any atom is 0.0687 e. The molecule has 2 heteroatoms. The third-order valence-electron chi connectivity index (χ3n) is 2.83. The van der Waals surface area contributed by atoms with E-state index in [1.807, 2.05) is 42.5 Å². The van der Waals surface area contributed by atoms with Crippen LogP contribution in [0.2, 0.25) is 0 Å². The number of hydrogen-bond acceptors (Lipinski definition) is 2. The molecule has 2 nitrogen and oxygen atoms in total. The Balaban J connectivity index is 2.41. The van der Waals surface area contributed by atoms with Gasteiger partial charge in [-0.1, -0.05) is 48.5 Å². The monoisotopic (exact) mass is 228 g/mol. The molecular formula is C15H16O2. The van der Waals surface area contributed by atoms with Crippen LogP contribution in [0, 0.1) is 0 Å². The molecule has 88 valence electrons. The first kappa shape index (κ1) is 11.8. The van der Waals surface area contributed by atoms with Crippen LogP contribution in [0.5, 0.6) is 0 Å². The van der Waals surface area contributed by atoms with Crippen LogP contribution < -0.4 is 0 Å². The predicted octanol–water partition coefficient (Wildman–Crippen LogP) is 2.38. The van der Waals surface area contributed by atoms with Gasteiger partial charge in [-0.15, -0.1) is 0 Å². The largest absolute Gasteiger partial charge is 0.396 e. The molecule has 0 saturated carbocycles. The number of benzene rings is 2. The minimum absolute atomic E-state index is 0.0421. The van der Waals surface area contributed by atoms with Crippen LogP contribution in [-0.2, 0) is 13.0 Å². The molecule has 0 bridgehead atoms. The quantitative estimate of drug-likeness (QED) is 0.843. The van der Waals surface area contributed by atoms with Crippen molar-refractivity contribution in [3.05, 3.63) is 59.7 Å². The van der Waals surface area contributed by atoms with E-state index in [4.69, 9.17) is 5.11 Å². The van der Waals surface area contributed by atoms with Crippen molar-refractivity contribution < 1.29 is 10.2 Å². The Morgan fingerprint density at radius 2 is 1.71 bits per heavy atom. The smallest absolute Gasteiger partial charge is 0.0687 e. The van der Waals surface area contributed by atoms with E-state index in [9.17, 15) is 5.11 Å². The molecular weight excluding hydrogens is 212 g/mol. The summed E-state index contributed by atoms with van der Waals surface area (Å²) >= 11 is 0. The minimum atomic E-state index is 0.0421. The molecule has 17 heavy (non-hydrogen) atoms. The van der Waals surface area contributed by atoms with Gasteiger partial charge < -0.3 is 10.2 Å². The summed E-state index contributed by atoms with van der Waals surface area (Å²) in [4.78, 5) is 0. The van der Waals surface area contributed by atoms with Gasteiger partial charge >= 0.3 is 0 Å². The van der Waals surface area contributed by atoms with Crippen LogP contribution in [0.3, 0.4) is 0 Å². The van der Waals surface area contributed by atoms with E-state index >= 15 is 0 Å². The first-order valence-corrected chi connectivity index (χ1v) is 5.74. The highest BCUT2D eigenvalue weighted by Crippen LogP contribution is 2.24. The molecule has 0 saturated heterocycles.